The zero-order valence-corrected chi connectivity index (χ0v) is 18.0. The predicted molar refractivity (Wildman–Crippen MR) is 116 cm³/mol. The van der Waals surface area contributed by atoms with Crippen molar-refractivity contribution in [2.75, 3.05) is 13.1 Å². The Labute approximate surface area is 171 Å². The van der Waals surface area contributed by atoms with Crippen molar-refractivity contribution in [3.05, 3.63) is 79.7 Å². The van der Waals surface area contributed by atoms with Crippen molar-refractivity contribution < 1.29 is 4.79 Å². The number of benzene rings is 2. The van der Waals surface area contributed by atoms with Crippen LogP contribution in [-0.4, -0.2) is 29.8 Å². The number of carbonyl (C=O) groups excluding carboxylic acids is 1. The molecule has 0 bridgehead atoms. The van der Waals surface area contributed by atoms with Gasteiger partial charge in [-0.1, -0.05) is 68.3 Å². The fourth-order valence-electron chi connectivity index (χ4n) is 2.99. The van der Waals surface area contributed by atoms with Crippen molar-refractivity contribution in [1.82, 2.24) is 4.90 Å². The predicted octanol–water partition coefficient (Wildman–Crippen LogP) is 5.97. The van der Waals surface area contributed by atoms with Crippen LogP contribution in [0.4, 0.5) is 0 Å². The molecule has 1 fully saturated rings. The van der Waals surface area contributed by atoms with E-state index in [-0.39, 0.29) is 5.78 Å². The van der Waals surface area contributed by atoms with Gasteiger partial charge >= 0.3 is 0 Å². The maximum absolute atomic E-state index is 13.1. The third kappa shape index (κ3) is 4.43. The Morgan fingerprint density at radius 2 is 1.27 bits per heavy atom. The summed E-state index contributed by atoms with van der Waals surface area (Å²) in [6.45, 7) is 5.68. The largest absolute Gasteiger partial charge is 0.292 e. The van der Waals surface area contributed by atoms with Crippen molar-refractivity contribution in [3.63, 3.8) is 0 Å². The summed E-state index contributed by atoms with van der Waals surface area (Å²) < 4.78 is 2.00. The number of Topliss-reactive ketones (excluding diaryl/α,β-unsaturated/α-hetero) is 1. The standard InChI is InChI=1S/C22H21Br2NO/c1-15(2)25-13-18(11-16-7-3-5-9-20(16)23)22(26)19(14-25)12-17-8-4-6-10-21(17)24/h3-12,15H,13-14H2,1-2H3/b18-11+,19-12+. The van der Waals surface area contributed by atoms with E-state index in [2.05, 4.69) is 50.6 Å². The van der Waals surface area contributed by atoms with E-state index in [4.69, 9.17) is 0 Å². The molecular weight excluding hydrogens is 454 g/mol. The smallest absolute Gasteiger partial charge is 0.187 e. The molecule has 0 spiro atoms. The fraction of sp³-hybridized carbons (Fsp3) is 0.227. The Balaban J connectivity index is 2.02. The van der Waals surface area contributed by atoms with Crippen LogP contribution < -0.4 is 0 Å². The van der Waals surface area contributed by atoms with Crippen LogP contribution in [0.2, 0.25) is 0 Å². The van der Waals surface area contributed by atoms with E-state index in [0.29, 0.717) is 19.1 Å². The van der Waals surface area contributed by atoms with Gasteiger partial charge in [0.15, 0.2) is 5.78 Å². The lowest BCUT2D eigenvalue weighted by molar-refractivity contribution is -0.113. The summed E-state index contributed by atoms with van der Waals surface area (Å²) >= 11 is 7.15. The number of carbonyl (C=O) groups is 1. The highest BCUT2D eigenvalue weighted by Gasteiger charge is 2.27. The second-order valence-electron chi connectivity index (χ2n) is 6.71. The van der Waals surface area contributed by atoms with E-state index in [9.17, 15) is 4.79 Å². The van der Waals surface area contributed by atoms with Gasteiger partial charge in [-0.3, -0.25) is 9.69 Å². The van der Waals surface area contributed by atoms with E-state index in [1.54, 1.807) is 0 Å². The lowest BCUT2D eigenvalue weighted by Gasteiger charge is -2.33. The molecule has 4 heteroatoms. The van der Waals surface area contributed by atoms with E-state index in [1.165, 1.54) is 0 Å². The maximum Gasteiger partial charge on any atom is 0.187 e. The van der Waals surface area contributed by atoms with Gasteiger partial charge < -0.3 is 0 Å². The second kappa shape index (κ2) is 8.47. The monoisotopic (exact) mass is 473 g/mol. The first-order chi connectivity index (χ1) is 12.5. The fourth-order valence-corrected chi connectivity index (χ4v) is 3.79. The molecule has 134 valence electrons. The van der Waals surface area contributed by atoms with Crippen molar-refractivity contribution in [3.8, 4) is 0 Å². The molecule has 2 aromatic carbocycles. The first kappa shape index (κ1) is 19.3. The summed E-state index contributed by atoms with van der Waals surface area (Å²) in [4.78, 5) is 15.5. The molecule has 0 atom stereocenters. The van der Waals surface area contributed by atoms with Gasteiger partial charge in [-0.25, -0.2) is 0 Å². The molecule has 1 aliphatic heterocycles. The van der Waals surface area contributed by atoms with E-state index in [0.717, 1.165) is 31.2 Å². The van der Waals surface area contributed by atoms with Crippen LogP contribution in [0.15, 0.2) is 68.6 Å². The van der Waals surface area contributed by atoms with Crippen molar-refractivity contribution in [2.45, 2.75) is 19.9 Å². The number of hydrogen-bond donors (Lipinski definition) is 0. The summed E-state index contributed by atoms with van der Waals surface area (Å²) in [7, 11) is 0. The third-order valence-corrected chi connectivity index (χ3v) is 5.97. The Bertz CT molecular complexity index is 816. The van der Waals surface area contributed by atoms with Crippen LogP contribution in [0.3, 0.4) is 0 Å². The Hall–Kier alpha value is -1.49. The molecule has 2 aromatic rings. The molecular formula is C22H21Br2NO. The van der Waals surface area contributed by atoms with Crippen molar-refractivity contribution in [2.24, 2.45) is 0 Å². The lowest BCUT2D eigenvalue weighted by atomic mass is 9.93. The van der Waals surface area contributed by atoms with Gasteiger partial charge in [-0.05, 0) is 49.3 Å². The van der Waals surface area contributed by atoms with Gasteiger partial charge in [-0.2, -0.15) is 0 Å². The molecule has 26 heavy (non-hydrogen) atoms. The highest BCUT2D eigenvalue weighted by atomic mass is 79.9. The molecule has 2 nitrogen and oxygen atoms in total. The zero-order valence-electron chi connectivity index (χ0n) is 14.9. The number of nitrogens with zero attached hydrogens (tertiary/aromatic N) is 1. The molecule has 0 aliphatic carbocycles. The second-order valence-corrected chi connectivity index (χ2v) is 8.42. The topological polar surface area (TPSA) is 20.3 Å². The summed E-state index contributed by atoms with van der Waals surface area (Å²) in [5.41, 5.74) is 3.72. The SMILES string of the molecule is CC(C)N1C/C(=C\c2ccccc2Br)C(=O)/C(=C/c2ccccc2Br)C1. The number of likely N-dealkylation sites (tertiary alicyclic amines) is 1. The Morgan fingerprint density at radius 3 is 1.65 bits per heavy atom. The lowest BCUT2D eigenvalue weighted by Crippen LogP contribution is -2.41. The Kier molecular flexibility index (Phi) is 6.28. The van der Waals surface area contributed by atoms with Gasteiger partial charge in [0, 0.05) is 39.2 Å². The molecule has 1 aliphatic rings. The highest BCUT2D eigenvalue weighted by molar-refractivity contribution is 9.10. The van der Waals surface area contributed by atoms with Crippen molar-refractivity contribution in [1.29, 1.82) is 0 Å². The minimum Gasteiger partial charge on any atom is -0.292 e. The first-order valence-electron chi connectivity index (χ1n) is 8.64. The van der Waals surface area contributed by atoms with Gasteiger partial charge in [0.2, 0.25) is 0 Å². The molecule has 0 N–H and O–H groups in total. The van der Waals surface area contributed by atoms with Crippen LogP contribution in [-0.2, 0) is 4.79 Å². The molecule has 3 rings (SSSR count). The quantitative estimate of drug-likeness (QED) is 0.510. The number of piperidine rings is 1. The summed E-state index contributed by atoms with van der Waals surface area (Å²) in [6.07, 6.45) is 4.02. The number of ketones is 1. The number of hydrogen-bond acceptors (Lipinski definition) is 2. The highest BCUT2D eigenvalue weighted by Crippen LogP contribution is 2.27. The molecule has 1 saturated heterocycles. The summed E-state index contributed by atoms with van der Waals surface area (Å²) in [5.74, 6) is 0.133. The Morgan fingerprint density at radius 1 is 0.846 bits per heavy atom. The summed E-state index contributed by atoms with van der Waals surface area (Å²) in [6, 6.07) is 16.3. The number of rotatable bonds is 3. The van der Waals surface area contributed by atoms with Crippen LogP contribution >= 0.6 is 31.9 Å². The minimum absolute atomic E-state index is 0.133. The van der Waals surface area contributed by atoms with Crippen LogP contribution in [0.5, 0.6) is 0 Å². The van der Waals surface area contributed by atoms with Gasteiger partial charge in [0.1, 0.15) is 0 Å². The van der Waals surface area contributed by atoms with Crippen molar-refractivity contribution >= 4 is 49.8 Å². The molecule has 0 aromatic heterocycles. The zero-order chi connectivity index (χ0) is 18.7. The summed E-state index contributed by atoms with van der Waals surface area (Å²) in [5, 5.41) is 0. The average molecular weight is 475 g/mol. The first-order valence-corrected chi connectivity index (χ1v) is 10.2. The van der Waals surface area contributed by atoms with E-state index in [1.807, 2.05) is 60.7 Å². The molecule has 0 saturated carbocycles. The van der Waals surface area contributed by atoms with Crippen LogP contribution in [0.1, 0.15) is 25.0 Å². The molecule has 0 amide bonds. The minimum atomic E-state index is 0.133. The van der Waals surface area contributed by atoms with E-state index < -0.39 is 0 Å². The molecule has 0 unspecified atom stereocenters. The molecule has 0 radical (unpaired) electrons. The molecule has 1 heterocycles. The van der Waals surface area contributed by atoms with Gasteiger partial charge in [-0.15, -0.1) is 0 Å². The number of halogens is 2. The van der Waals surface area contributed by atoms with Crippen LogP contribution in [0.25, 0.3) is 12.2 Å². The van der Waals surface area contributed by atoms with Gasteiger partial charge in [0.05, 0.1) is 0 Å². The van der Waals surface area contributed by atoms with E-state index >= 15 is 0 Å². The third-order valence-electron chi connectivity index (χ3n) is 4.53. The van der Waals surface area contributed by atoms with Crippen LogP contribution in [0, 0.1) is 0 Å². The maximum atomic E-state index is 13.1. The average Bonchev–Trinajstić information content (AvgIpc) is 2.61. The normalized spacial score (nSPS) is 18.9. The van der Waals surface area contributed by atoms with Gasteiger partial charge in [0.25, 0.3) is 0 Å².